The second-order valence-electron chi connectivity index (χ2n) is 4.86. The fraction of sp³-hybridized carbons (Fsp3) is 0.357. The lowest BCUT2D eigenvalue weighted by Crippen LogP contribution is -2.39. The number of aliphatic carboxylic acids is 1. The zero-order chi connectivity index (χ0) is 15.3. The zero-order valence-electron chi connectivity index (χ0n) is 11.5. The second kappa shape index (κ2) is 6.73. The van der Waals surface area contributed by atoms with Crippen molar-refractivity contribution in [3.63, 3.8) is 0 Å². The molecule has 0 radical (unpaired) electrons. The Morgan fingerprint density at radius 2 is 1.95 bits per heavy atom. The van der Waals surface area contributed by atoms with Crippen molar-refractivity contribution in [1.29, 1.82) is 0 Å². The Morgan fingerprint density at radius 3 is 2.62 bits per heavy atom. The van der Waals surface area contributed by atoms with Crippen molar-refractivity contribution >= 4 is 27.9 Å². The molecule has 1 aliphatic heterocycles. The van der Waals surface area contributed by atoms with Crippen LogP contribution >= 0.6 is 0 Å². The van der Waals surface area contributed by atoms with E-state index in [-0.39, 0.29) is 0 Å². The molecule has 1 aromatic rings. The molecule has 0 atom stereocenters. The summed E-state index contributed by atoms with van der Waals surface area (Å²) in [5, 5.41) is 8.60. The molecule has 0 aliphatic carbocycles. The SMILES string of the molecule is O=C(O)C=Cc1cccc(NS(=O)(=O)N2CCCCC2)c1. The van der Waals surface area contributed by atoms with Crippen LogP contribution in [-0.2, 0) is 15.0 Å². The molecule has 0 spiro atoms. The van der Waals surface area contributed by atoms with Gasteiger partial charge in [0.15, 0.2) is 0 Å². The Labute approximate surface area is 124 Å². The first-order chi connectivity index (χ1) is 9.97. The third-order valence-corrected chi connectivity index (χ3v) is 4.75. The van der Waals surface area contributed by atoms with Gasteiger partial charge in [-0.05, 0) is 36.6 Å². The largest absolute Gasteiger partial charge is 0.478 e. The van der Waals surface area contributed by atoms with Crippen LogP contribution in [0.3, 0.4) is 0 Å². The number of nitrogens with zero attached hydrogens (tertiary/aromatic N) is 1. The summed E-state index contributed by atoms with van der Waals surface area (Å²) >= 11 is 0. The van der Waals surface area contributed by atoms with E-state index < -0.39 is 16.2 Å². The van der Waals surface area contributed by atoms with Gasteiger partial charge in [0.05, 0.1) is 5.69 Å². The van der Waals surface area contributed by atoms with Gasteiger partial charge >= 0.3 is 16.2 Å². The van der Waals surface area contributed by atoms with Crippen molar-refractivity contribution in [1.82, 2.24) is 4.31 Å². The van der Waals surface area contributed by atoms with Gasteiger partial charge in [-0.25, -0.2) is 4.79 Å². The topological polar surface area (TPSA) is 86.7 Å². The van der Waals surface area contributed by atoms with E-state index in [0.717, 1.165) is 25.3 Å². The zero-order valence-corrected chi connectivity index (χ0v) is 12.3. The minimum atomic E-state index is -3.54. The van der Waals surface area contributed by atoms with E-state index in [2.05, 4.69) is 4.72 Å². The number of carboxylic acid groups (broad SMARTS) is 1. The molecule has 21 heavy (non-hydrogen) atoms. The normalized spacial score (nSPS) is 17.0. The van der Waals surface area contributed by atoms with Crippen molar-refractivity contribution in [2.24, 2.45) is 0 Å². The van der Waals surface area contributed by atoms with E-state index in [4.69, 9.17) is 5.11 Å². The van der Waals surface area contributed by atoms with Gasteiger partial charge < -0.3 is 5.11 Å². The first-order valence-electron chi connectivity index (χ1n) is 6.76. The molecule has 0 aromatic heterocycles. The molecule has 0 saturated carbocycles. The lowest BCUT2D eigenvalue weighted by molar-refractivity contribution is -0.131. The summed E-state index contributed by atoms with van der Waals surface area (Å²) in [4.78, 5) is 10.5. The summed E-state index contributed by atoms with van der Waals surface area (Å²) in [5.41, 5.74) is 1.05. The van der Waals surface area contributed by atoms with Gasteiger partial charge in [0.2, 0.25) is 0 Å². The van der Waals surface area contributed by atoms with Gasteiger partial charge in [-0.15, -0.1) is 0 Å². The molecule has 2 N–H and O–H groups in total. The molecular weight excluding hydrogens is 292 g/mol. The number of hydrogen-bond donors (Lipinski definition) is 2. The average Bonchev–Trinajstić information content (AvgIpc) is 2.46. The van der Waals surface area contributed by atoms with Crippen LogP contribution in [0, 0.1) is 0 Å². The van der Waals surface area contributed by atoms with Crippen LogP contribution in [0.15, 0.2) is 30.3 Å². The quantitative estimate of drug-likeness (QED) is 0.814. The van der Waals surface area contributed by atoms with Crippen molar-refractivity contribution in [2.45, 2.75) is 19.3 Å². The molecule has 7 heteroatoms. The van der Waals surface area contributed by atoms with Gasteiger partial charge in [-0.1, -0.05) is 18.6 Å². The molecule has 1 fully saturated rings. The molecule has 1 aliphatic rings. The van der Waals surface area contributed by atoms with Gasteiger partial charge in [0, 0.05) is 19.2 Å². The summed E-state index contributed by atoms with van der Waals surface area (Å²) < 4.78 is 28.4. The number of hydrogen-bond acceptors (Lipinski definition) is 3. The Kier molecular flexibility index (Phi) is 4.98. The van der Waals surface area contributed by atoms with Gasteiger partial charge in [0.1, 0.15) is 0 Å². The molecule has 6 nitrogen and oxygen atoms in total. The summed E-state index contributed by atoms with van der Waals surface area (Å²) in [6.45, 7) is 1.07. The van der Waals surface area contributed by atoms with Crippen LogP contribution in [0.5, 0.6) is 0 Å². The smallest absolute Gasteiger partial charge is 0.328 e. The monoisotopic (exact) mass is 310 g/mol. The molecule has 1 saturated heterocycles. The first-order valence-corrected chi connectivity index (χ1v) is 8.20. The minimum absolute atomic E-state index is 0.424. The van der Waals surface area contributed by atoms with E-state index in [1.165, 1.54) is 10.4 Å². The van der Waals surface area contributed by atoms with Gasteiger partial charge in [-0.2, -0.15) is 12.7 Å². The first kappa shape index (κ1) is 15.5. The average molecular weight is 310 g/mol. The number of rotatable bonds is 5. The number of anilines is 1. The molecule has 1 heterocycles. The highest BCUT2D eigenvalue weighted by Gasteiger charge is 2.23. The summed E-state index contributed by atoms with van der Waals surface area (Å²) in [5.74, 6) is -1.05. The molecular formula is C14H18N2O4S. The molecule has 0 amide bonds. The summed E-state index contributed by atoms with van der Waals surface area (Å²) in [6, 6.07) is 6.62. The molecule has 114 valence electrons. The maximum absolute atomic E-state index is 12.2. The number of piperidine rings is 1. The number of benzene rings is 1. The van der Waals surface area contributed by atoms with Crippen LogP contribution in [0.4, 0.5) is 5.69 Å². The number of carbonyl (C=O) groups is 1. The Balaban J connectivity index is 2.11. The third kappa shape index (κ3) is 4.57. The van der Waals surface area contributed by atoms with E-state index in [1.807, 2.05) is 0 Å². The van der Waals surface area contributed by atoms with Crippen molar-refractivity contribution in [3.05, 3.63) is 35.9 Å². The Morgan fingerprint density at radius 1 is 1.24 bits per heavy atom. The standard InChI is InChI=1S/C14H18N2O4S/c17-14(18)8-7-12-5-4-6-13(11-12)15-21(19,20)16-9-2-1-3-10-16/h4-8,11,15H,1-3,9-10H2,(H,17,18). The van der Waals surface area contributed by atoms with Crippen LogP contribution in [0.2, 0.25) is 0 Å². The fourth-order valence-electron chi connectivity index (χ4n) is 2.19. The van der Waals surface area contributed by atoms with Crippen LogP contribution in [0.25, 0.3) is 6.08 Å². The predicted molar refractivity (Wildman–Crippen MR) is 81.1 cm³/mol. The van der Waals surface area contributed by atoms with E-state index in [1.54, 1.807) is 24.3 Å². The second-order valence-corrected chi connectivity index (χ2v) is 6.53. The molecule has 0 bridgehead atoms. The van der Waals surface area contributed by atoms with Crippen LogP contribution in [-0.4, -0.2) is 36.9 Å². The van der Waals surface area contributed by atoms with Crippen molar-refractivity contribution in [3.8, 4) is 0 Å². The van der Waals surface area contributed by atoms with Gasteiger partial charge in [-0.3, -0.25) is 4.72 Å². The van der Waals surface area contributed by atoms with Crippen molar-refractivity contribution < 1.29 is 18.3 Å². The Bertz CT molecular complexity index is 634. The van der Waals surface area contributed by atoms with Crippen LogP contribution < -0.4 is 4.72 Å². The molecule has 1 aromatic carbocycles. The third-order valence-electron chi connectivity index (χ3n) is 3.21. The lowest BCUT2D eigenvalue weighted by atomic mass is 10.2. The van der Waals surface area contributed by atoms with Gasteiger partial charge in [0.25, 0.3) is 0 Å². The van der Waals surface area contributed by atoms with E-state index in [9.17, 15) is 13.2 Å². The highest BCUT2D eigenvalue weighted by atomic mass is 32.2. The summed E-state index contributed by atoms with van der Waals surface area (Å²) in [6.07, 6.45) is 5.24. The van der Waals surface area contributed by atoms with E-state index >= 15 is 0 Å². The van der Waals surface area contributed by atoms with Crippen molar-refractivity contribution in [2.75, 3.05) is 17.8 Å². The predicted octanol–water partition coefficient (Wildman–Crippen LogP) is 1.93. The Hall–Kier alpha value is -1.86. The number of carboxylic acids is 1. The summed E-state index contributed by atoms with van der Waals surface area (Å²) in [7, 11) is -3.54. The minimum Gasteiger partial charge on any atom is -0.478 e. The molecule has 0 unspecified atom stereocenters. The van der Waals surface area contributed by atoms with E-state index in [0.29, 0.717) is 24.3 Å². The highest BCUT2D eigenvalue weighted by Crippen LogP contribution is 2.18. The fourth-order valence-corrected chi connectivity index (χ4v) is 3.48. The highest BCUT2D eigenvalue weighted by molar-refractivity contribution is 7.90. The maximum Gasteiger partial charge on any atom is 0.328 e. The lowest BCUT2D eigenvalue weighted by Gasteiger charge is -2.26. The maximum atomic E-state index is 12.2. The van der Waals surface area contributed by atoms with Crippen LogP contribution in [0.1, 0.15) is 24.8 Å². The number of nitrogens with one attached hydrogen (secondary N) is 1. The molecule has 2 rings (SSSR count).